The molecule has 1 aliphatic carbocycles. The minimum absolute atomic E-state index is 0.0662. The highest BCUT2D eigenvalue weighted by Gasteiger charge is 2.24. The summed E-state index contributed by atoms with van der Waals surface area (Å²) in [5.74, 6) is -0.289. The Labute approximate surface area is 153 Å². The van der Waals surface area contributed by atoms with Crippen molar-refractivity contribution in [3.63, 3.8) is 0 Å². The molecule has 0 unspecified atom stereocenters. The molecule has 140 valence electrons. The van der Waals surface area contributed by atoms with Crippen LogP contribution < -0.4 is 10.2 Å². The summed E-state index contributed by atoms with van der Waals surface area (Å²) in [5.41, 5.74) is 1.04. The molecule has 2 atom stereocenters. The first-order chi connectivity index (χ1) is 12.5. The second-order valence-corrected chi connectivity index (χ2v) is 7.21. The molecule has 1 aliphatic heterocycles. The fourth-order valence-corrected chi connectivity index (χ4v) is 3.72. The summed E-state index contributed by atoms with van der Waals surface area (Å²) in [5, 5.41) is 2.97. The van der Waals surface area contributed by atoms with E-state index in [-0.39, 0.29) is 24.5 Å². The van der Waals surface area contributed by atoms with Crippen molar-refractivity contribution in [1.82, 2.24) is 5.32 Å². The van der Waals surface area contributed by atoms with Gasteiger partial charge in [-0.3, -0.25) is 9.59 Å². The molecule has 26 heavy (non-hydrogen) atoms. The number of amides is 2. The van der Waals surface area contributed by atoms with Gasteiger partial charge in [-0.1, -0.05) is 25.8 Å². The molecule has 0 spiro atoms. The number of rotatable bonds is 5. The maximum absolute atomic E-state index is 12.2. The third kappa shape index (κ3) is 4.42. The summed E-state index contributed by atoms with van der Waals surface area (Å²) in [6, 6.07) is 6.97. The van der Waals surface area contributed by atoms with E-state index in [0.717, 1.165) is 25.7 Å². The molecular formula is C20H26N2O4. The summed E-state index contributed by atoms with van der Waals surface area (Å²) in [6.07, 6.45) is 5.79. The fraction of sp³-hybridized carbons (Fsp3) is 0.550. The Balaban J connectivity index is 1.53. The largest absolute Gasteiger partial charge is 0.452 e. The van der Waals surface area contributed by atoms with E-state index in [4.69, 9.17) is 4.74 Å². The normalized spacial score (nSPS) is 23.0. The van der Waals surface area contributed by atoms with Gasteiger partial charge in [-0.05, 0) is 43.4 Å². The fourth-order valence-electron chi connectivity index (χ4n) is 3.72. The molecule has 1 heterocycles. The van der Waals surface area contributed by atoms with E-state index < -0.39 is 5.97 Å². The van der Waals surface area contributed by atoms with E-state index in [2.05, 4.69) is 12.2 Å². The SMILES string of the molecule is C[C@@H]1CCCC[C@@H]1NC(=O)COC(=O)c1cccc(N2CCCC2=O)c1. The van der Waals surface area contributed by atoms with Gasteiger partial charge in [-0.15, -0.1) is 0 Å². The maximum atomic E-state index is 12.2. The van der Waals surface area contributed by atoms with Crippen LogP contribution in [0.2, 0.25) is 0 Å². The predicted molar refractivity (Wildman–Crippen MR) is 97.9 cm³/mol. The van der Waals surface area contributed by atoms with Crippen molar-refractivity contribution < 1.29 is 19.1 Å². The van der Waals surface area contributed by atoms with Crippen LogP contribution in [0.4, 0.5) is 5.69 Å². The smallest absolute Gasteiger partial charge is 0.338 e. The zero-order valence-electron chi connectivity index (χ0n) is 15.2. The minimum Gasteiger partial charge on any atom is -0.452 e. The number of nitrogens with zero attached hydrogens (tertiary/aromatic N) is 1. The average molecular weight is 358 g/mol. The lowest BCUT2D eigenvalue weighted by atomic mass is 9.86. The van der Waals surface area contributed by atoms with E-state index in [1.165, 1.54) is 6.42 Å². The minimum atomic E-state index is -0.551. The Morgan fingerprint density at radius 2 is 2.04 bits per heavy atom. The van der Waals surface area contributed by atoms with Gasteiger partial charge in [-0.2, -0.15) is 0 Å². The summed E-state index contributed by atoms with van der Waals surface area (Å²) in [4.78, 5) is 37.8. The van der Waals surface area contributed by atoms with Crippen molar-refractivity contribution in [3.8, 4) is 0 Å². The number of benzene rings is 1. The van der Waals surface area contributed by atoms with Gasteiger partial charge in [0.2, 0.25) is 5.91 Å². The highest BCUT2D eigenvalue weighted by atomic mass is 16.5. The van der Waals surface area contributed by atoms with Crippen molar-refractivity contribution in [2.24, 2.45) is 5.92 Å². The molecule has 0 bridgehead atoms. The molecule has 6 heteroatoms. The second kappa shape index (κ2) is 8.34. The van der Waals surface area contributed by atoms with E-state index in [1.54, 1.807) is 29.2 Å². The van der Waals surface area contributed by atoms with E-state index in [1.807, 2.05) is 0 Å². The van der Waals surface area contributed by atoms with Gasteiger partial charge in [0.25, 0.3) is 5.91 Å². The molecule has 6 nitrogen and oxygen atoms in total. The van der Waals surface area contributed by atoms with Crippen molar-refractivity contribution in [3.05, 3.63) is 29.8 Å². The van der Waals surface area contributed by atoms with Crippen molar-refractivity contribution in [2.45, 2.75) is 51.5 Å². The lowest BCUT2D eigenvalue weighted by Crippen LogP contribution is -2.42. The van der Waals surface area contributed by atoms with Gasteiger partial charge >= 0.3 is 5.97 Å². The average Bonchev–Trinajstić information content (AvgIpc) is 3.08. The third-order valence-electron chi connectivity index (χ3n) is 5.26. The number of carbonyl (C=O) groups excluding carboxylic acids is 3. The third-order valence-corrected chi connectivity index (χ3v) is 5.26. The Morgan fingerprint density at radius 1 is 1.23 bits per heavy atom. The van der Waals surface area contributed by atoms with Crippen LogP contribution in [0.3, 0.4) is 0 Å². The van der Waals surface area contributed by atoms with E-state index >= 15 is 0 Å². The summed E-state index contributed by atoms with van der Waals surface area (Å²) in [6.45, 7) is 2.52. The van der Waals surface area contributed by atoms with Gasteiger partial charge in [0.1, 0.15) is 0 Å². The van der Waals surface area contributed by atoms with E-state index in [9.17, 15) is 14.4 Å². The standard InChI is InChI=1S/C20H26N2O4/c1-14-6-2-3-9-17(14)21-18(23)13-26-20(25)15-7-4-8-16(12-15)22-11-5-10-19(22)24/h4,7-8,12,14,17H,2-3,5-6,9-11,13H2,1H3,(H,21,23)/t14-,17+/m1/s1. The van der Waals surface area contributed by atoms with Gasteiger partial charge in [0.15, 0.2) is 6.61 Å². The van der Waals surface area contributed by atoms with Gasteiger partial charge in [-0.25, -0.2) is 4.79 Å². The van der Waals surface area contributed by atoms with Crippen LogP contribution in [0.25, 0.3) is 0 Å². The lowest BCUT2D eigenvalue weighted by molar-refractivity contribution is -0.125. The second-order valence-electron chi connectivity index (χ2n) is 7.21. The molecule has 1 saturated heterocycles. The Morgan fingerprint density at radius 3 is 2.77 bits per heavy atom. The Bertz CT molecular complexity index is 688. The first-order valence-corrected chi connectivity index (χ1v) is 9.41. The molecule has 0 aromatic heterocycles. The molecule has 2 fully saturated rings. The molecule has 1 aromatic rings. The first-order valence-electron chi connectivity index (χ1n) is 9.41. The van der Waals surface area contributed by atoms with E-state index in [0.29, 0.717) is 30.1 Å². The molecule has 2 aliphatic rings. The molecule has 1 N–H and O–H groups in total. The van der Waals surface area contributed by atoms with Crippen LogP contribution in [-0.4, -0.2) is 37.0 Å². The number of esters is 1. The van der Waals surface area contributed by atoms with Crippen molar-refractivity contribution >= 4 is 23.5 Å². The zero-order valence-corrected chi connectivity index (χ0v) is 15.2. The molecule has 2 amide bonds. The first kappa shape index (κ1) is 18.4. The number of anilines is 1. The number of hydrogen-bond donors (Lipinski definition) is 1. The highest BCUT2D eigenvalue weighted by molar-refractivity contribution is 5.97. The molecule has 3 rings (SSSR count). The van der Waals surface area contributed by atoms with Gasteiger partial charge in [0.05, 0.1) is 5.56 Å². The summed E-state index contributed by atoms with van der Waals surface area (Å²) in [7, 11) is 0. The van der Waals surface area contributed by atoms with Crippen molar-refractivity contribution in [1.29, 1.82) is 0 Å². The number of ether oxygens (including phenoxy) is 1. The zero-order chi connectivity index (χ0) is 18.5. The van der Waals surface area contributed by atoms with Crippen LogP contribution in [0, 0.1) is 5.92 Å². The topological polar surface area (TPSA) is 75.7 Å². The number of nitrogens with one attached hydrogen (secondary N) is 1. The molecule has 0 radical (unpaired) electrons. The van der Waals surface area contributed by atoms with Crippen LogP contribution >= 0.6 is 0 Å². The van der Waals surface area contributed by atoms with Crippen LogP contribution in [0.5, 0.6) is 0 Å². The predicted octanol–water partition coefficient (Wildman–Crippen LogP) is 2.67. The van der Waals surface area contributed by atoms with Gasteiger partial charge in [0, 0.05) is 24.7 Å². The van der Waals surface area contributed by atoms with Crippen LogP contribution in [0.1, 0.15) is 55.8 Å². The maximum Gasteiger partial charge on any atom is 0.338 e. The Hall–Kier alpha value is -2.37. The Kier molecular flexibility index (Phi) is 5.91. The van der Waals surface area contributed by atoms with Gasteiger partial charge < -0.3 is 15.0 Å². The molecule has 1 saturated carbocycles. The number of carbonyl (C=O) groups is 3. The van der Waals surface area contributed by atoms with Crippen LogP contribution in [0.15, 0.2) is 24.3 Å². The summed E-state index contributed by atoms with van der Waals surface area (Å²) < 4.78 is 5.16. The quantitative estimate of drug-likeness (QED) is 0.821. The monoisotopic (exact) mass is 358 g/mol. The van der Waals surface area contributed by atoms with Crippen LogP contribution in [-0.2, 0) is 14.3 Å². The lowest BCUT2D eigenvalue weighted by Gasteiger charge is -2.29. The molecular weight excluding hydrogens is 332 g/mol. The number of hydrogen-bond acceptors (Lipinski definition) is 4. The highest BCUT2D eigenvalue weighted by Crippen LogP contribution is 2.24. The summed E-state index contributed by atoms with van der Waals surface area (Å²) >= 11 is 0. The molecule has 1 aromatic carbocycles. The van der Waals surface area contributed by atoms with Crippen molar-refractivity contribution in [2.75, 3.05) is 18.1 Å².